The summed E-state index contributed by atoms with van der Waals surface area (Å²) in [5, 5.41) is 4.26. The molecule has 1 aliphatic carbocycles. The van der Waals surface area contributed by atoms with E-state index in [1.165, 1.54) is 31.3 Å². The Morgan fingerprint density at radius 3 is 2.86 bits per heavy atom. The first-order valence-electron chi connectivity index (χ1n) is 13.1. The second-order valence-corrected chi connectivity index (χ2v) is 9.97. The number of carbonyl (C=O) groups excluding carboxylic acids is 1. The van der Waals surface area contributed by atoms with Crippen molar-refractivity contribution in [2.75, 3.05) is 25.4 Å². The second kappa shape index (κ2) is 9.68. The third kappa shape index (κ3) is 4.32. The van der Waals surface area contributed by atoms with Gasteiger partial charge in [0.2, 0.25) is 0 Å². The zero-order valence-electron chi connectivity index (χ0n) is 20.5. The van der Waals surface area contributed by atoms with Crippen LogP contribution in [-0.2, 0) is 0 Å². The molecule has 1 saturated heterocycles. The second-order valence-electron chi connectivity index (χ2n) is 9.97. The molecule has 4 aromatic rings. The zero-order valence-corrected chi connectivity index (χ0v) is 20.5. The van der Waals surface area contributed by atoms with E-state index in [0.717, 1.165) is 72.5 Å². The SMILES string of the molecule is Nc1nccn2c(C3CCN(C(=O)NCCC4=CCCCC4)CC3)nc(-c3cc4ccccc4[nH]3)c12. The molecule has 1 aliphatic heterocycles. The summed E-state index contributed by atoms with van der Waals surface area (Å²) in [5.41, 5.74) is 11.5. The number of aromatic amines is 1. The number of amides is 2. The number of hydrogen-bond acceptors (Lipinski definition) is 4. The Bertz CT molecular complexity index is 1390. The maximum Gasteiger partial charge on any atom is 0.317 e. The van der Waals surface area contributed by atoms with E-state index in [4.69, 9.17) is 10.7 Å². The quantitative estimate of drug-likeness (QED) is 0.338. The fourth-order valence-electron chi connectivity index (χ4n) is 5.68. The number of H-pyrrole nitrogens is 1. The van der Waals surface area contributed by atoms with Crippen molar-refractivity contribution in [3.63, 3.8) is 0 Å². The maximum atomic E-state index is 12.8. The topological polar surface area (TPSA) is 104 Å². The first kappa shape index (κ1) is 22.6. The number of aromatic nitrogens is 4. The summed E-state index contributed by atoms with van der Waals surface area (Å²) < 4.78 is 2.08. The molecule has 1 fully saturated rings. The van der Waals surface area contributed by atoms with Gasteiger partial charge in [-0.15, -0.1) is 0 Å². The van der Waals surface area contributed by atoms with E-state index < -0.39 is 0 Å². The van der Waals surface area contributed by atoms with E-state index in [0.29, 0.717) is 5.82 Å². The summed E-state index contributed by atoms with van der Waals surface area (Å²) in [5.74, 6) is 1.70. The van der Waals surface area contributed by atoms with E-state index in [-0.39, 0.29) is 11.9 Å². The molecular weight excluding hydrogens is 450 g/mol. The minimum atomic E-state index is 0.0463. The van der Waals surface area contributed by atoms with E-state index in [2.05, 4.69) is 44.0 Å². The van der Waals surface area contributed by atoms with Crippen molar-refractivity contribution in [2.24, 2.45) is 0 Å². The van der Waals surface area contributed by atoms with E-state index in [1.54, 1.807) is 6.20 Å². The van der Waals surface area contributed by atoms with Crippen LogP contribution < -0.4 is 11.1 Å². The number of hydrogen-bond donors (Lipinski definition) is 3. The molecule has 4 N–H and O–H groups in total. The average molecular weight is 484 g/mol. The third-order valence-corrected chi connectivity index (χ3v) is 7.65. The predicted molar refractivity (Wildman–Crippen MR) is 143 cm³/mol. The lowest BCUT2D eigenvalue weighted by molar-refractivity contribution is 0.180. The van der Waals surface area contributed by atoms with Gasteiger partial charge in [0.05, 0.1) is 5.69 Å². The summed E-state index contributed by atoms with van der Waals surface area (Å²) in [6.45, 7) is 2.16. The highest BCUT2D eigenvalue weighted by Gasteiger charge is 2.28. The molecule has 186 valence electrons. The van der Waals surface area contributed by atoms with Gasteiger partial charge in [0.15, 0.2) is 0 Å². The molecule has 36 heavy (non-hydrogen) atoms. The number of allylic oxidation sites excluding steroid dienone is 1. The highest BCUT2D eigenvalue weighted by Crippen LogP contribution is 2.35. The number of piperidine rings is 1. The minimum Gasteiger partial charge on any atom is -0.382 e. The number of carbonyl (C=O) groups is 1. The largest absolute Gasteiger partial charge is 0.382 e. The number of rotatable bonds is 5. The van der Waals surface area contributed by atoms with Crippen molar-refractivity contribution < 1.29 is 4.79 Å². The number of likely N-dealkylation sites (tertiary alicyclic amines) is 1. The Balaban J connectivity index is 1.17. The lowest BCUT2D eigenvalue weighted by Crippen LogP contribution is -2.44. The van der Waals surface area contributed by atoms with Gasteiger partial charge in [0.1, 0.15) is 22.9 Å². The Kier molecular flexibility index (Phi) is 6.09. The van der Waals surface area contributed by atoms with E-state index in [1.807, 2.05) is 23.2 Å². The Hall–Kier alpha value is -3.81. The molecule has 2 aliphatic rings. The molecule has 0 unspecified atom stereocenters. The highest BCUT2D eigenvalue weighted by atomic mass is 16.2. The molecule has 3 aromatic heterocycles. The maximum absolute atomic E-state index is 12.8. The zero-order chi connectivity index (χ0) is 24.5. The number of para-hydroxylation sites is 1. The van der Waals surface area contributed by atoms with Crippen molar-refractivity contribution in [3.8, 4) is 11.4 Å². The van der Waals surface area contributed by atoms with Crippen LogP contribution in [0.5, 0.6) is 0 Å². The summed E-state index contributed by atoms with van der Waals surface area (Å²) in [7, 11) is 0. The van der Waals surface area contributed by atoms with Crippen molar-refractivity contribution >= 4 is 28.3 Å². The van der Waals surface area contributed by atoms with Crippen LogP contribution in [0.15, 0.2) is 54.4 Å². The number of benzene rings is 1. The van der Waals surface area contributed by atoms with Crippen LogP contribution in [0.1, 0.15) is 56.7 Å². The van der Waals surface area contributed by atoms with Gasteiger partial charge in [-0.05, 0) is 57.1 Å². The number of nitrogen functional groups attached to an aromatic ring is 1. The van der Waals surface area contributed by atoms with Crippen LogP contribution in [-0.4, -0.2) is 49.9 Å². The van der Waals surface area contributed by atoms with Crippen LogP contribution >= 0.6 is 0 Å². The summed E-state index contributed by atoms with van der Waals surface area (Å²) in [4.78, 5) is 27.6. The molecule has 0 saturated carbocycles. The number of urea groups is 1. The predicted octanol–water partition coefficient (Wildman–Crippen LogP) is 5.24. The van der Waals surface area contributed by atoms with Crippen molar-refractivity contribution in [1.82, 2.24) is 29.6 Å². The van der Waals surface area contributed by atoms with E-state index >= 15 is 0 Å². The van der Waals surface area contributed by atoms with Crippen LogP contribution in [0.2, 0.25) is 0 Å². The van der Waals surface area contributed by atoms with Gasteiger partial charge in [0, 0.05) is 48.8 Å². The Morgan fingerprint density at radius 1 is 1.19 bits per heavy atom. The highest BCUT2D eigenvalue weighted by molar-refractivity contribution is 5.91. The normalized spacial score (nSPS) is 17.0. The number of nitrogens with one attached hydrogen (secondary N) is 2. The molecule has 2 amide bonds. The van der Waals surface area contributed by atoms with Gasteiger partial charge in [0.25, 0.3) is 0 Å². The molecule has 6 rings (SSSR count). The van der Waals surface area contributed by atoms with Gasteiger partial charge >= 0.3 is 6.03 Å². The fraction of sp³-hybridized carbons (Fsp3) is 0.393. The molecule has 0 spiro atoms. The fourth-order valence-corrected chi connectivity index (χ4v) is 5.68. The number of imidazole rings is 1. The molecule has 1 aromatic carbocycles. The average Bonchev–Trinajstić information content (AvgIpc) is 3.52. The van der Waals surface area contributed by atoms with Crippen LogP contribution in [0, 0.1) is 0 Å². The summed E-state index contributed by atoms with van der Waals surface area (Å²) in [6, 6.07) is 10.4. The summed E-state index contributed by atoms with van der Waals surface area (Å²) >= 11 is 0. The molecule has 8 heteroatoms. The monoisotopic (exact) mass is 483 g/mol. The number of nitrogens with two attached hydrogens (primary N) is 1. The van der Waals surface area contributed by atoms with Crippen LogP contribution in [0.3, 0.4) is 0 Å². The molecule has 8 nitrogen and oxygen atoms in total. The first-order valence-corrected chi connectivity index (χ1v) is 13.1. The first-order chi connectivity index (χ1) is 17.7. The Labute approximate surface area is 210 Å². The number of fused-ring (bicyclic) bond motifs is 2. The van der Waals surface area contributed by atoms with Crippen LogP contribution in [0.25, 0.3) is 27.8 Å². The molecular formula is C28H33N7O. The number of nitrogens with zero attached hydrogens (tertiary/aromatic N) is 4. The van der Waals surface area contributed by atoms with Crippen molar-refractivity contribution in [3.05, 3.63) is 60.2 Å². The molecule has 0 atom stereocenters. The van der Waals surface area contributed by atoms with Crippen LogP contribution in [0.4, 0.5) is 10.6 Å². The standard InChI is InChI=1S/C28H33N7O/c29-26-25-24(23-18-21-8-4-5-9-22(21)32-23)33-27(35(25)17-14-30-26)20-11-15-34(16-12-20)28(36)31-13-10-19-6-2-1-3-7-19/h4-6,8-9,14,17-18,20,32H,1-3,7,10-13,15-16H2,(H2,29,30)(H,31,36). The lowest BCUT2D eigenvalue weighted by atomic mass is 9.96. The van der Waals surface area contributed by atoms with Gasteiger partial charge in [-0.2, -0.15) is 0 Å². The van der Waals surface area contributed by atoms with Gasteiger partial charge < -0.3 is 20.9 Å². The lowest BCUT2D eigenvalue weighted by Gasteiger charge is -2.31. The van der Waals surface area contributed by atoms with E-state index in [9.17, 15) is 4.79 Å². The minimum absolute atomic E-state index is 0.0463. The van der Waals surface area contributed by atoms with Gasteiger partial charge in [-0.1, -0.05) is 29.8 Å². The van der Waals surface area contributed by atoms with Crippen molar-refractivity contribution in [1.29, 1.82) is 0 Å². The van der Waals surface area contributed by atoms with Gasteiger partial charge in [-0.3, -0.25) is 4.40 Å². The smallest absolute Gasteiger partial charge is 0.317 e. The molecule has 4 heterocycles. The molecule has 0 radical (unpaired) electrons. The Morgan fingerprint density at radius 2 is 2.06 bits per heavy atom. The molecule has 0 bridgehead atoms. The van der Waals surface area contributed by atoms with Crippen molar-refractivity contribution in [2.45, 2.75) is 50.9 Å². The summed E-state index contributed by atoms with van der Waals surface area (Å²) in [6.07, 6.45) is 13.7. The third-order valence-electron chi connectivity index (χ3n) is 7.65. The van der Waals surface area contributed by atoms with Gasteiger partial charge in [-0.25, -0.2) is 14.8 Å². The number of anilines is 1.